The van der Waals surface area contributed by atoms with Gasteiger partial charge in [-0.3, -0.25) is 4.79 Å². The summed E-state index contributed by atoms with van der Waals surface area (Å²) in [5.74, 6) is 0.448. The molecule has 2 unspecified atom stereocenters. The van der Waals surface area contributed by atoms with Gasteiger partial charge in [0.25, 0.3) is 0 Å². The van der Waals surface area contributed by atoms with Gasteiger partial charge in [0, 0.05) is 12.5 Å². The third-order valence-corrected chi connectivity index (χ3v) is 4.39. The summed E-state index contributed by atoms with van der Waals surface area (Å²) in [7, 11) is 0. The van der Waals surface area contributed by atoms with Crippen LogP contribution in [0.2, 0.25) is 0 Å². The van der Waals surface area contributed by atoms with Gasteiger partial charge in [0.1, 0.15) is 0 Å². The molecule has 2 rings (SSSR count). The lowest BCUT2D eigenvalue weighted by Crippen LogP contribution is -2.49. The number of carbonyl (C=O) groups is 1. The molecule has 1 saturated carbocycles. The third-order valence-electron chi connectivity index (χ3n) is 4.39. The minimum Gasteiger partial charge on any atom is -0.375 e. The molecular formula is C14H25NO2. The Morgan fingerprint density at radius 2 is 2.29 bits per heavy atom. The maximum Gasteiger partial charge on any atom is 0.152 e. The number of ketones is 1. The van der Waals surface area contributed by atoms with E-state index >= 15 is 0 Å². The first kappa shape index (κ1) is 13.0. The van der Waals surface area contributed by atoms with E-state index in [1.807, 2.05) is 0 Å². The Bertz CT molecular complexity index is 273. The van der Waals surface area contributed by atoms with Crippen LogP contribution in [0.25, 0.3) is 0 Å². The molecule has 17 heavy (non-hydrogen) atoms. The molecule has 2 atom stereocenters. The van der Waals surface area contributed by atoms with E-state index in [9.17, 15) is 4.79 Å². The SMILES string of the molecule is CCCCC(N)C(=O)C1CCOC2(CCC2)C1. The number of nitrogens with two attached hydrogens (primary N) is 1. The molecular weight excluding hydrogens is 214 g/mol. The molecule has 0 aromatic heterocycles. The van der Waals surface area contributed by atoms with Crippen molar-refractivity contribution >= 4 is 5.78 Å². The van der Waals surface area contributed by atoms with Crippen molar-refractivity contribution in [1.82, 2.24) is 0 Å². The molecule has 1 spiro atoms. The van der Waals surface area contributed by atoms with Gasteiger partial charge in [0.2, 0.25) is 0 Å². The zero-order valence-corrected chi connectivity index (χ0v) is 10.9. The summed E-state index contributed by atoms with van der Waals surface area (Å²) in [6.07, 6.45) is 8.34. The molecule has 1 saturated heterocycles. The Labute approximate surface area is 104 Å². The van der Waals surface area contributed by atoms with Crippen molar-refractivity contribution in [1.29, 1.82) is 0 Å². The Kier molecular flexibility index (Phi) is 4.21. The van der Waals surface area contributed by atoms with Crippen LogP contribution in [0.5, 0.6) is 0 Å². The van der Waals surface area contributed by atoms with Gasteiger partial charge in [-0.15, -0.1) is 0 Å². The summed E-state index contributed by atoms with van der Waals surface area (Å²) < 4.78 is 5.85. The molecule has 0 aromatic carbocycles. The molecule has 2 N–H and O–H groups in total. The first-order valence-corrected chi connectivity index (χ1v) is 7.10. The third kappa shape index (κ3) is 2.89. The van der Waals surface area contributed by atoms with Crippen molar-refractivity contribution in [2.24, 2.45) is 11.7 Å². The van der Waals surface area contributed by atoms with Gasteiger partial charge < -0.3 is 10.5 Å². The van der Waals surface area contributed by atoms with Crippen LogP contribution < -0.4 is 5.73 Å². The number of hydrogen-bond acceptors (Lipinski definition) is 3. The van der Waals surface area contributed by atoms with Crippen LogP contribution in [0.15, 0.2) is 0 Å². The molecule has 2 fully saturated rings. The fraction of sp³-hybridized carbons (Fsp3) is 0.929. The molecule has 3 nitrogen and oxygen atoms in total. The monoisotopic (exact) mass is 239 g/mol. The molecule has 0 radical (unpaired) electrons. The van der Waals surface area contributed by atoms with Crippen LogP contribution in [0, 0.1) is 5.92 Å². The minimum atomic E-state index is -0.241. The predicted octanol–water partition coefficient (Wildman–Crippen LogP) is 2.42. The number of carbonyl (C=O) groups excluding carboxylic acids is 1. The molecule has 0 aromatic rings. The normalized spacial score (nSPS) is 28.7. The molecule has 0 amide bonds. The Hall–Kier alpha value is -0.410. The quantitative estimate of drug-likeness (QED) is 0.801. The van der Waals surface area contributed by atoms with Gasteiger partial charge in [-0.2, -0.15) is 0 Å². The highest BCUT2D eigenvalue weighted by atomic mass is 16.5. The standard InChI is InChI=1S/C14H25NO2/c1-2-3-5-12(15)13(16)11-6-9-17-14(10-11)7-4-8-14/h11-12H,2-10,15H2,1H3. The van der Waals surface area contributed by atoms with Crippen LogP contribution in [0.3, 0.4) is 0 Å². The van der Waals surface area contributed by atoms with Gasteiger partial charge >= 0.3 is 0 Å². The van der Waals surface area contributed by atoms with Crippen molar-refractivity contribution in [2.45, 2.75) is 69.9 Å². The summed E-state index contributed by atoms with van der Waals surface area (Å²) in [6, 6.07) is -0.241. The van der Waals surface area contributed by atoms with Gasteiger partial charge in [0.05, 0.1) is 11.6 Å². The van der Waals surface area contributed by atoms with Crippen LogP contribution in [-0.2, 0) is 9.53 Å². The van der Waals surface area contributed by atoms with Crippen LogP contribution in [0.4, 0.5) is 0 Å². The lowest BCUT2D eigenvalue weighted by atomic mass is 9.70. The van der Waals surface area contributed by atoms with Crippen LogP contribution in [0.1, 0.15) is 58.3 Å². The molecule has 1 aliphatic heterocycles. The number of Topliss-reactive ketones (excluding diaryl/α,β-unsaturated/α-hetero) is 1. The predicted molar refractivity (Wildman–Crippen MR) is 67.8 cm³/mol. The van der Waals surface area contributed by atoms with E-state index in [0.717, 1.165) is 51.6 Å². The number of hydrogen-bond donors (Lipinski definition) is 1. The van der Waals surface area contributed by atoms with E-state index in [1.165, 1.54) is 6.42 Å². The smallest absolute Gasteiger partial charge is 0.152 e. The fourth-order valence-corrected chi connectivity index (χ4v) is 3.06. The van der Waals surface area contributed by atoms with Crippen molar-refractivity contribution in [3.05, 3.63) is 0 Å². The largest absolute Gasteiger partial charge is 0.375 e. The average Bonchev–Trinajstić information content (AvgIpc) is 2.33. The summed E-state index contributed by atoms with van der Waals surface area (Å²) in [6.45, 7) is 2.88. The summed E-state index contributed by atoms with van der Waals surface area (Å²) in [5, 5.41) is 0. The van der Waals surface area contributed by atoms with Crippen molar-refractivity contribution in [3.63, 3.8) is 0 Å². The van der Waals surface area contributed by atoms with Crippen LogP contribution >= 0.6 is 0 Å². The van der Waals surface area contributed by atoms with Crippen LogP contribution in [-0.4, -0.2) is 24.0 Å². The topological polar surface area (TPSA) is 52.3 Å². The molecule has 2 aliphatic rings. The lowest BCUT2D eigenvalue weighted by molar-refractivity contribution is -0.156. The minimum absolute atomic E-state index is 0.0586. The zero-order valence-electron chi connectivity index (χ0n) is 10.9. The highest BCUT2D eigenvalue weighted by molar-refractivity contribution is 5.86. The van der Waals surface area contributed by atoms with Crippen molar-refractivity contribution in [3.8, 4) is 0 Å². The van der Waals surface area contributed by atoms with E-state index in [4.69, 9.17) is 10.5 Å². The number of ether oxygens (including phenoxy) is 1. The second-order valence-corrected chi connectivity index (χ2v) is 5.73. The van der Waals surface area contributed by atoms with Gasteiger partial charge in [-0.1, -0.05) is 19.8 Å². The first-order valence-electron chi connectivity index (χ1n) is 7.10. The van der Waals surface area contributed by atoms with Crippen molar-refractivity contribution in [2.75, 3.05) is 6.61 Å². The van der Waals surface area contributed by atoms with Gasteiger partial charge in [-0.05, 0) is 38.5 Å². The van der Waals surface area contributed by atoms with E-state index in [2.05, 4.69) is 6.92 Å². The van der Waals surface area contributed by atoms with Gasteiger partial charge in [-0.25, -0.2) is 0 Å². The van der Waals surface area contributed by atoms with E-state index in [-0.39, 0.29) is 23.3 Å². The molecule has 0 bridgehead atoms. The Balaban J connectivity index is 1.86. The first-order chi connectivity index (χ1) is 8.17. The molecule has 1 heterocycles. The maximum atomic E-state index is 12.3. The number of rotatable bonds is 5. The molecule has 98 valence electrons. The average molecular weight is 239 g/mol. The summed E-state index contributed by atoms with van der Waals surface area (Å²) >= 11 is 0. The van der Waals surface area contributed by atoms with E-state index in [0.29, 0.717) is 0 Å². The number of unbranched alkanes of at least 4 members (excludes halogenated alkanes) is 1. The van der Waals surface area contributed by atoms with E-state index < -0.39 is 0 Å². The Morgan fingerprint density at radius 3 is 2.88 bits per heavy atom. The van der Waals surface area contributed by atoms with Crippen molar-refractivity contribution < 1.29 is 9.53 Å². The van der Waals surface area contributed by atoms with E-state index in [1.54, 1.807) is 0 Å². The van der Waals surface area contributed by atoms with Gasteiger partial charge in [0.15, 0.2) is 5.78 Å². The fourth-order valence-electron chi connectivity index (χ4n) is 3.06. The molecule has 3 heteroatoms. The zero-order chi connectivity index (χ0) is 12.3. The summed E-state index contributed by atoms with van der Waals surface area (Å²) in [5.41, 5.74) is 6.05. The highest BCUT2D eigenvalue weighted by Gasteiger charge is 2.44. The summed E-state index contributed by atoms with van der Waals surface area (Å²) in [4.78, 5) is 12.3. The Morgan fingerprint density at radius 1 is 1.53 bits per heavy atom. The molecule has 1 aliphatic carbocycles. The lowest BCUT2D eigenvalue weighted by Gasteiger charge is -2.47. The highest BCUT2D eigenvalue weighted by Crippen LogP contribution is 2.44. The second kappa shape index (κ2) is 5.49. The second-order valence-electron chi connectivity index (χ2n) is 5.73. The maximum absolute atomic E-state index is 12.3.